The maximum Gasteiger partial charge on any atom is 3.00 e. The van der Waals surface area contributed by atoms with Crippen LogP contribution in [0.4, 0.5) is 0 Å². The largest absolute Gasteiger partial charge is 3.00 e. The molecular weight excluding hydrogens is 246 g/mol. The fraction of sp³-hybridized carbons (Fsp3) is 0. The molecule has 0 aromatic rings. The molecule has 0 spiro atoms. The van der Waals surface area contributed by atoms with Gasteiger partial charge in [-0.1, -0.05) is 0 Å². The van der Waals surface area contributed by atoms with Crippen molar-refractivity contribution in [3.8, 4) is 0 Å². The molecule has 0 bridgehead atoms. The molecule has 0 saturated carbocycles. The van der Waals surface area contributed by atoms with Crippen molar-refractivity contribution in [3.63, 3.8) is 0 Å². The molecule has 0 aliphatic carbocycles. The van der Waals surface area contributed by atoms with Gasteiger partial charge in [-0.2, -0.15) is 0 Å². The fourth-order valence-corrected chi connectivity index (χ4v) is 0. The molecule has 0 atom stereocenters. The van der Waals surface area contributed by atoms with Gasteiger partial charge < -0.3 is 36.9 Å². The fourth-order valence-electron chi connectivity index (χ4n) is 0. The van der Waals surface area contributed by atoms with Gasteiger partial charge in [-0.3, -0.25) is 0 Å². The van der Waals surface area contributed by atoms with Crippen molar-refractivity contribution in [3.05, 3.63) is 36.9 Å². The summed E-state index contributed by atoms with van der Waals surface area (Å²) in [6.45, 7) is 0. The summed E-state index contributed by atoms with van der Waals surface area (Å²) in [5, 5.41) is 0. The maximum absolute atomic E-state index is 0. The third-order valence-corrected chi connectivity index (χ3v) is 0. The van der Waals surface area contributed by atoms with Crippen LogP contribution in [-0.4, -0.2) is 104 Å². The second-order valence-corrected chi connectivity index (χ2v) is 0. The van der Waals surface area contributed by atoms with E-state index in [2.05, 4.69) is 0 Å². The topological polar surface area (TPSA) is 183 Å². The minimum atomic E-state index is 0. The van der Waals surface area contributed by atoms with Gasteiger partial charge in [0.1, 0.15) is 0 Å². The van der Waals surface area contributed by atoms with Crippen LogP contribution in [0.1, 0.15) is 0 Å². The van der Waals surface area contributed by atoms with Crippen LogP contribution in [0.3, 0.4) is 0 Å². The molecule has 0 unspecified atom stereocenters. The summed E-state index contributed by atoms with van der Waals surface area (Å²) in [6.07, 6.45) is 0. The molecule has 12 heteroatoms. The van der Waals surface area contributed by atoms with Gasteiger partial charge in [-0.15, -0.1) is 0 Å². The average molecular weight is 246 g/mol. The second kappa shape index (κ2) is 268. The van der Waals surface area contributed by atoms with Crippen molar-refractivity contribution < 1.29 is 0 Å². The smallest absolute Gasteiger partial charge is 3.00 e. The molecule has 0 amide bonds. The number of hydrogen-bond donors (Lipinski definition) is 0. The molecule has 48 valence electrons. The quantitative estimate of drug-likeness (QED) is 0.496. The third-order valence-electron chi connectivity index (χ3n) is 0. The second-order valence-electron chi connectivity index (χ2n) is 0. The van der Waals surface area contributed by atoms with Crippen molar-refractivity contribution in [1.82, 2.24) is 0 Å². The van der Waals surface area contributed by atoms with E-state index in [0.29, 0.717) is 0 Å². The van der Waals surface area contributed by atoms with Crippen molar-refractivity contribution >= 4 is 104 Å². The minimum absolute atomic E-state index is 0. The maximum atomic E-state index is 0. The molecule has 0 N–H and O–H groups in total. The van der Waals surface area contributed by atoms with Gasteiger partial charge in [0.25, 0.3) is 0 Å². The molecule has 0 radical (unpaired) electrons. The van der Waals surface area contributed by atoms with Crippen LogP contribution in [0.5, 0.6) is 0 Å². The molecule has 0 aromatic carbocycles. The van der Waals surface area contributed by atoms with E-state index in [0.717, 1.165) is 0 Å². The Balaban J connectivity index is 0. The molecular formula is Al6N6. The predicted molar refractivity (Wildman–Crippen MR) is 54.7 cm³/mol. The Hall–Kier alpha value is 2.95. The minimum Gasteiger partial charge on any atom is -3.00 e. The SMILES string of the molecule is [Al+3].[Al+3].[Al+3].[Al+3].[Al+3].[Al+3].[N-3].[N-3].[N-3].[N-3].[N-3].[N-3]. The summed E-state index contributed by atoms with van der Waals surface area (Å²) in [7, 11) is 0. The average Bonchev–Trinajstić information content (AvgIpc) is 0. The van der Waals surface area contributed by atoms with E-state index in [1.165, 1.54) is 0 Å². The number of rotatable bonds is 0. The molecule has 0 aliphatic rings. The first kappa shape index (κ1) is 334. The normalized spacial score (nSPS) is 0. The summed E-state index contributed by atoms with van der Waals surface area (Å²) in [5.41, 5.74) is 0. The van der Waals surface area contributed by atoms with Crippen LogP contribution in [0.25, 0.3) is 36.9 Å². The molecule has 0 fully saturated rings. The zero-order valence-electron chi connectivity index (χ0n) is 6.15. The van der Waals surface area contributed by atoms with E-state index >= 15 is 0 Å². The van der Waals surface area contributed by atoms with E-state index < -0.39 is 0 Å². The predicted octanol–water partition coefficient (Wildman–Crippen LogP) is -0.553. The third kappa shape index (κ3) is 212. The summed E-state index contributed by atoms with van der Waals surface area (Å²) in [6, 6.07) is 0. The molecule has 0 aromatic heterocycles. The first-order valence-corrected chi connectivity index (χ1v) is 0. The Bertz CT molecular complexity index is 12.0. The van der Waals surface area contributed by atoms with E-state index in [9.17, 15) is 0 Å². The van der Waals surface area contributed by atoms with Crippen LogP contribution in [0.15, 0.2) is 0 Å². The molecule has 6 nitrogen and oxygen atoms in total. The first-order chi connectivity index (χ1) is 0. The summed E-state index contributed by atoms with van der Waals surface area (Å²) >= 11 is 0. The number of hydrogen-bond acceptors (Lipinski definition) is 0. The Morgan fingerprint density at radius 3 is 0.167 bits per heavy atom. The standard InChI is InChI=1S/6Al.6N/q6*+3;6*-3. The van der Waals surface area contributed by atoms with Crippen molar-refractivity contribution in [1.29, 1.82) is 0 Å². The van der Waals surface area contributed by atoms with Gasteiger partial charge in [-0.25, -0.2) is 0 Å². The van der Waals surface area contributed by atoms with Crippen LogP contribution in [0, 0.1) is 0 Å². The van der Waals surface area contributed by atoms with E-state index in [-0.39, 0.29) is 141 Å². The van der Waals surface area contributed by atoms with Gasteiger partial charge in [0, 0.05) is 0 Å². The Morgan fingerprint density at radius 1 is 0.167 bits per heavy atom. The summed E-state index contributed by atoms with van der Waals surface area (Å²) in [4.78, 5) is 0. The molecule has 0 aliphatic heterocycles. The summed E-state index contributed by atoms with van der Waals surface area (Å²) in [5.74, 6) is 0. The van der Waals surface area contributed by atoms with E-state index in [1.54, 1.807) is 0 Å². The van der Waals surface area contributed by atoms with Gasteiger partial charge in [0.2, 0.25) is 0 Å². The summed E-state index contributed by atoms with van der Waals surface area (Å²) < 4.78 is 0. The Morgan fingerprint density at radius 2 is 0.167 bits per heavy atom. The van der Waals surface area contributed by atoms with Gasteiger partial charge in [0.05, 0.1) is 0 Å². The molecule has 12 heavy (non-hydrogen) atoms. The van der Waals surface area contributed by atoms with Gasteiger partial charge in [-0.05, 0) is 0 Å². The monoisotopic (exact) mass is 246 g/mol. The van der Waals surface area contributed by atoms with Gasteiger partial charge in [0.15, 0.2) is 0 Å². The van der Waals surface area contributed by atoms with Crippen LogP contribution >= 0.6 is 0 Å². The van der Waals surface area contributed by atoms with Crippen LogP contribution < -0.4 is 0 Å². The van der Waals surface area contributed by atoms with Crippen molar-refractivity contribution in [2.75, 3.05) is 0 Å². The Labute approximate surface area is 139 Å². The van der Waals surface area contributed by atoms with Crippen molar-refractivity contribution in [2.45, 2.75) is 0 Å². The van der Waals surface area contributed by atoms with Gasteiger partial charge >= 0.3 is 104 Å². The van der Waals surface area contributed by atoms with E-state index in [4.69, 9.17) is 0 Å². The Kier molecular flexibility index (Phi) is 7460. The zero-order valence-corrected chi connectivity index (χ0v) is 13.1. The van der Waals surface area contributed by atoms with E-state index in [1.807, 2.05) is 0 Å². The first-order valence-electron chi connectivity index (χ1n) is 0. The molecule has 0 saturated heterocycles. The van der Waals surface area contributed by atoms with Crippen LogP contribution in [0.2, 0.25) is 0 Å². The zero-order chi connectivity index (χ0) is 0. The van der Waals surface area contributed by atoms with Crippen LogP contribution in [-0.2, 0) is 0 Å². The molecule has 0 heterocycles. The number of nitrogens with zero attached hydrogens (tertiary/aromatic N) is 6. The molecule has 0 rings (SSSR count). The van der Waals surface area contributed by atoms with Crippen molar-refractivity contribution in [2.24, 2.45) is 0 Å².